The summed E-state index contributed by atoms with van der Waals surface area (Å²) >= 11 is 0. The van der Waals surface area contributed by atoms with Crippen molar-refractivity contribution in [2.24, 2.45) is 11.8 Å². The number of amides is 2. The van der Waals surface area contributed by atoms with Crippen LogP contribution >= 0.6 is 0 Å². The largest absolute Gasteiger partial charge is 0.388 e. The normalized spacial score (nSPS) is 22.4. The zero-order valence-corrected chi connectivity index (χ0v) is 14.9. The minimum atomic E-state index is -0.668. The van der Waals surface area contributed by atoms with Crippen LogP contribution in [0.2, 0.25) is 0 Å². The molecule has 0 atom stereocenters. The third kappa shape index (κ3) is 6.68. The second-order valence-electron chi connectivity index (χ2n) is 7.96. The lowest BCUT2D eigenvalue weighted by Crippen LogP contribution is -2.47. The maximum atomic E-state index is 11.9. The molecule has 0 spiro atoms. The molecule has 2 amide bonds. The molecule has 0 radical (unpaired) electrons. The number of hydrogen-bond acceptors (Lipinski definition) is 3. The second kappa shape index (κ2) is 8.88. The minimum absolute atomic E-state index is 0.132. The Morgan fingerprint density at radius 3 is 2.48 bits per heavy atom. The van der Waals surface area contributed by atoms with Gasteiger partial charge in [0.2, 0.25) is 0 Å². The molecule has 1 saturated heterocycles. The van der Waals surface area contributed by atoms with Crippen LogP contribution in [0.4, 0.5) is 4.79 Å². The molecule has 0 bridgehead atoms. The van der Waals surface area contributed by atoms with Gasteiger partial charge in [0.25, 0.3) is 0 Å². The average molecular weight is 325 g/mol. The highest BCUT2D eigenvalue weighted by Gasteiger charge is 2.31. The Morgan fingerprint density at radius 1 is 1.22 bits per heavy atom. The molecule has 1 aliphatic carbocycles. The highest BCUT2D eigenvalue weighted by molar-refractivity contribution is 5.73. The second-order valence-corrected chi connectivity index (χ2v) is 7.96. The molecule has 2 fully saturated rings. The number of likely N-dealkylation sites (tertiary alicyclic amines) is 1. The van der Waals surface area contributed by atoms with E-state index in [-0.39, 0.29) is 6.03 Å². The molecule has 0 aromatic carbocycles. The van der Waals surface area contributed by atoms with Crippen molar-refractivity contribution in [2.75, 3.05) is 32.7 Å². The van der Waals surface area contributed by atoms with E-state index in [0.29, 0.717) is 12.5 Å². The Morgan fingerprint density at radius 2 is 1.87 bits per heavy atom. The first-order chi connectivity index (χ1) is 11.0. The fourth-order valence-electron chi connectivity index (χ4n) is 3.61. The van der Waals surface area contributed by atoms with Gasteiger partial charge in [-0.15, -0.1) is 0 Å². The highest BCUT2D eigenvalue weighted by atomic mass is 16.3. The van der Waals surface area contributed by atoms with E-state index in [0.717, 1.165) is 51.2 Å². The van der Waals surface area contributed by atoms with Crippen LogP contribution in [0.5, 0.6) is 0 Å². The van der Waals surface area contributed by atoms with Gasteiger partial charge in [-0.25, -0.2) is 4.79 Å². The van der Waals surface area contributed by atoms with Gasteiger partial charge in [-0.05, 0) is 63.6 Å². The van der Waals surface area contributed by atoms with Crippen molar-refractivity contribution in [1.29, 1.82) is 0 Å². The fourth-order valence-corrected chi connectivity index (χ4v) is 3.61. The van der Waals surface area contributed by atoms with Crippen LogP contribution in [-0.4, -0.2) is 54.4 Å². The van der Waals surface area contributed by atoms with Crippen molar-refractivity contribution in [3.63, 3.8) is 0 Å². The van der Waals surface area contributed by atoms with Crippen LogP contribution < -0.4 is 10.6 Å². The molecule has 0 unspecified atom stereocenters. The van der Waals surface area contributed by atoms with Crippen LogP contribution in [0, 0.1) is 11.8 Å². The molecular formula is C18H35N3O2. The Kier molecular flexibility index (Phi) is 7.15. The Hall–Kier alpha value is -0.810. The van der Waals surface area contributed by atoms with Crippen LogP contribution in [-0.2, 0) is 0 Å². The van der Waals surface area contributed by atoms with Crippen LogP contribution in [0.25, 0.3) is 0 Å². The van der Waals surface area contributed by atoms with E-state index in [2.05, 4.69) is 29.4 Å². The van der Waals surface area contributed by atoms with E-state index in [1.54, 1.807) is 0 Å². The van der Waals surface area contributed by atoms with Crippen LogP contribution in [0.3, 0.4) is 0 Å². The van der Waals surface area contributed by atoms with Gasteiger partial charge in [0.1, 0.15) is 0 Å². The molecule has 2 aliphatic rings. The number of nitrogens with zero attached hydrogens (tertiary/aromatic N) is 1. The summed E-state index contributed by atoms with van der Waals surface area (Å²) in [6, 6.07) is -0.132. The molecular weight excluding hydrogens is 290 g/mol. The summed E-state index contributed by atoms with van der Waals surface area (Å²) in [5.74, 6) is 1.36. The van der Waals surface area contributed by atoms with E-state index in [4.69, 9.17) is 0 Å². The van der Waals surface area contributed by atoms with Crippen LogP contribution in [0.1, 0.15) is 58.8 Å². The predicted octanol–water partition coefficient (Wildman–Crippen LogP) is 2.35. The number of piperidine rings is 1. The van der Waals surface area contributed by atoms with Crippen molar-refractivity contribution < 1.29 is 9.90 Å². The van der Waals surface area contributed by atoms with Gasteiger partial charge in [0, 0.05) is 13.1 Å². The Balaban J connectivity index is 1.55. The Bertz CT molecular complexity index is 359. The van der Waals surface area contributed by atoms with Crippen LogP contribution in [0.15, 0.2) is 0 Å². The molecule has 1 aliphatic heterocycles. The van der Waals surface area contributed by atoms with E-state index in [9.17, 15) is 9.90 Å². The van der Waals surface area contributed by atoms with E-state index in [1.165, 1.54) is 25.8 Å². The summed E-state index contributed by atoms with van der Waals surface area (Å²) in [6.45, 7) is 9.20. The lowest BCUT2D eigenvalue weighted by Gasteiger charge is -2.32. The lowest BCUT2D eigenvalue weighted by atomic mass is 9.96. The van der Waals surface area contributed by atoms with Crippen molar-refractivity contribution >= 4 is 6.03 Å². The number of carbonyl (C=O) groups excluding carboxylic acids is 1. The first-order valence-corrected chi connectivity index (χ1v) is 9.43. The SMILES string of the molecule is CC(C)CCN1CCC(CNC(=O)NCC2(O)CCCC2)CC1. The maximum Gasteiger partial charge on any atom is 0.314 e. The number of aliphatic hydroxyl groups is 1. The van der Waals surface area contributed by atoms with Gasteiger partial charge in [-0.1, -0.05) is 26.7 Å². The van der Waals surface area contributed by atoms with E-state index in [1.807, 2.05) is 0 Å². The highest BCUT2D eigenvalue weighted by Crippen LogP contribution is 2.28. The summed E-state index contributed by atoms with van der Waals surface area (Å²) in [7, 11) is 0. The van der Waals surface area contributed by atoms with Gasteiger partial charge in [0.05, 0.1) is 5.60 Å². The molecule has 23 heavy (non-hydrogen) atoms. The molecule has 1 heterocycles. The third-order valence-electron chi connectivity index (χ3n) is 5.39. The molecule has 134 valence electrons. The van der Waals surface area contributed by atoms with E-state index < -0.39 is 5.60 Å². The zero-order valence-electron chi connectivity index (χ0n) is 14.9. The number of hydrogen-bond donors (Lipinski definition) is 3. The monoisotopic (exact) mass is 325 g/mol. The quantitative estimate of drug-likeness (QED) is 0.673. The van der Waals surface area contributed by atoms with Gasteiger partial charge < -0.3 is 20.6 Å². The third-order valence-corrected chi connectivity index (χ3v) is 5.39. The van der Waals surface area contributed by atoms with Gasteiger partial charge in [-0.3, -0.25) is 0 Å². The average Bonchev–Trinajstić information content (AvgIpc) is 2.97. The maximum absolute atomic E-state index is 11.9. The topological polar surface area (TPSA) is 64.6 Å². The zero-order chi connectivity index (χ0) is 16.7. The molecule has 5 heteroatoms. The number of carbonyl (C=O) groups is 1. The fraction of sp³-hybridized carbons (Fsp3) is 0.944. The molecule has 2 rings (SSSR count). The standard InChI is InChI=1S/C18H35N3O2/c1-15(2)5-10-21-11-6-16(7-12-21)13-19-17(22)20-14-18(23)8-3-4-9-18/h15-16,23H,3-14H2,1-2H3,(H2,19,20,22). The summed E-state index contributed by atoms with van der Waals surface area (Å²) < 4.78 is 0. The summed E-state index contributed by atoms with van der Waals surface area (Å²) in [5.41, 5.74) is -0.668. The smallest absolute Gasteiger partial charge is 0.314 e. The number of rotatable bonds is 7. The molecule has 0 aromatic rings. The number of nitrogens with one attached hydrogen (secondary N) is 2. The first kappa shape index (κ1) is 18.5. The molecule has 3 N–H and O–H groups in total. The Labute approximate surface area is 141 Å². The number of urea groups is 1. The lowest BCUT2D eigenvalue weighted by molar-refractivity contribution is 0.0500. The first-order valence-electron chi connectivity index (χ1n) is 9.43. The van der Waals surface area contributed by atoms with Gasteiger partial charge >= 0.3 is 6.03 Å². The summed E-state index contributed by atoms with van der Waals surface area (Å²) in [5, 5.41) is 16.0. The molecule has 0 aromatic heterocycles. The van der Waals surface area contributed by atoms with Crippen molar-refractivity contribution in [3.05, 3.63) is 0 Å². The van der Waals surface area contributed by atoms with Crippen molar-refractivity contribution in [3.8, 4) is 0 Å². The molecule has 5 nitrogen and oxygen atoms in total. The predicted molar refractivity (Wildman–Crippen MR) is 93.4 cm³/mol. The van der Waals surface area contributed by atoms with Gasteiger partial charge in [0.15, 0.2) is 0 Å². The molecule has 1 saturated carbocycles. The minimum Gasteiger partial charge on any atom is -0.388 e. The van der Waals surface area contributed by atoms with E-state index >= 15 is 0 Å². The summed E-state index contributed by atoms with van der Waals surface area (Å²) in [4.78, 5) is 14.4. The van der Waals surface area contributed by atoms with Crippen molar-refractivity contribution in [2.45, 2.75) is 64.4 Å². The van der Waals surface area contributed by atoms with Gasteiger partial charge in [-0.2, -0.15) is 0 Å². The summed E-state index contributed by atoms with van der Waals surface area (Å²) in [6.07, 6.45) is 7.35. The van der Waals surface area contributed by atoms with Crippen molar-refractivity contribution in [1.82, 2.24) is 15.5 Å².